The zero-order valence-electron chi connectivity index (χ0n) is 10.7. The van der Waals surface area contributed by atoms with Gasteiger partial charge in [-0.05, 0) is 56.4 Å². The molecule has 0 saturated heterocycles. The zero-order valence-corrected chi connectivity index (χ0v) is 11.6. The van der Waals surface area contributed by atoms with E-state index in [1.807, 2.05) is 26.0 Å². The van der Waals surface area contributed by atoms with Crippen LogP contribution in [0.2, 0.25) is 0 Å². The quantitative estimate of drug-likeness (QED) is 0.740. The van der Waals surface area contributed by atoms with Crippen LogP contribution in [0.25, 0.3) is 0 Å². The summed E-state index contributed by atoms with van der Waals surface area (Å²) in [5.41, 5.74) is 4.47. The largest absolute Gasteiger partial charge is 0.288 e. The van der Waals surface area contributed by atoms with Gasteiger partial charge in [-0.3, -0.25) is 4.79 Å². The monoisotopic (exact) mass is 256 g/mol. The maximum Gasteiger partial charge on any atom is 0.203 e. The lowest BCUT2D eigenvalue weighted by atomic mass is 10.0. The lowest BCUT2D eigenvalue weighted by Crippen LogP contribution is -2.02. The third-order valence-electron chi connectivity index (χ3n) is 3.61. The second kappa shape index (κ2) is 4.36. The summed E-state index contributed by atoms with van der Waals surface area (Å²) in [6.45, 7) is 4.04. The second-order valence-electron chi connectivity index (χ2n) is 5.06. The van der Waals surface area contributed by atoms with E-state index in [9.17, 15) is 4.79 Å². The molecular weight excluding hydrogens is 240 g/mol. The summed E-state index contributed by atoms with van der Waals surface area (Å²) in [7, 11) is 0. The van der Waals surface area contributed by atoms with E-state index in [-0.39, 0.29) is 5.78 Å². The lowest BCUT2D eigenvalue weighted by Gasteiger charge is -2.04. The van der Waals surface area contributed by atoms with Gasteiger partial charge in [0.1, 0.15) is 0 Å². The Hall–Kier alpha value is -1.41. The highest BCUT2D eigenvalue weighted by molar-refractivity contribution is 7.14. The van der Waals surface area contributed by atoms with Crippen molar-refractivity contribution in [3.05, 3.63) is 56.3 Å². The molecule has 92 valence electrons. The average Bonchev–Trinajstić information content (AvgIpc) is 2.91. The van der Waals surface area contributed by atoms with E-state index < -0.39 is 0 Å². The summed E-state index contributed by atoms with van der Waals surface area (Å²) >= 11 is 1.69. The third kappa shape index (κ3) is 1.91. The molecule has 0 N–H and O–H groups in total. The van der Waals surface area contributed by atoms with E-state index >= 15 is 0 Å². The van der Waals surface area contributed by atoms with Gasteiger partial charge in [0, 0.05) is 10.4 Å². The fourth-order valence-corrected chi connectivity index (χ4v) is 3.76. The van der Waals surface area contributed by atoms with Crippen molar-refractivity contribution in [3.8, 4) is 0 Å². The number of hydrogen-bond donors (Lipinski definition) is 0. The van der Waals surface area contributed by atoms with Crippen LogP contribution in [0.4, 0.5) is 0 Å². The van der Waals surface area contributed by atoms with Crippen LogP contribution in [-0.4, -0.2) is 5.78 Å². The smallest absolute Gasteiger partial charge is 0.203 e. The minimum absolute atomic E-state index is 0.190. The van der Waals surface area contributed by atoms with Gasteiger partial charge in [-0.25, -0.2) is 0 Å². The van der Waals surface area contributed by atoms with Gasteiger partial charge in [-0.15, -0.1) is 11.3 Å². The van der Waals surface area contributed by atoms with Crippen LogP contribution in [-0.2, 0) is 12.8 Å². The first-order valence-electron chi connectivity index (χ1n) is 6.38. The Kier molecular flexibility index (Phi) is 2.83. The molecule has 1 nitrogen and oxygen atoms in total. The molecule has 1 aromatic carbocycles. The van der Waals surface area contributed by atoms with Crippen molar-refractivity contribution >= 4 is 17.1 Å². The normalized spacial score (nSPS) is 13.7. The molecule has 0 radical (unpaired) electrons. The molecule has 0 amide bonds. The molecule has 1 aliphatic carbocycles. The molecule has 0 spiro atoms. The van der Waals surface area contributed by atoms with E-state index in [0.717, 1.165) is 34.4 Å². The summed E-state index contributed by atoms with van der Waals surface area (Å²) in [5, 5.41) is 0. The minimum Gasteiger partial charge on any atom is -0.288 e. The van der Waals surface area contributed by atoms with Crippen molar-refractivity contribution < 1.29 is 4.79 Å². The second-order valence-corrected chi connectivity index (χ2v) is 6.20. The Morgan fingerprint density at radius 3 is 2.78 bits per heavy atom. The van der Waals surface area contributed by atoms with E-state index in [1.165, 1.54) is 16.9 Å². The van der Waals surface area contributed by atoms with Crippen molar-refractivity contribution in [2.24, 2.45) is 0 Å². The number of thiophene rings is 1. The van der Waals surface area contributed by atoms with Crippen molar-refractivity contribution in [1.29, 1.82) is 0 Å². The molecule has 1 aromatic heterocycles. The van der Waals surface area contributed by atoms with Gasteiger partial charge in [0.25, 0.3) is 0 Å². The van der Waals surface area contributed by atoms with Crippen molar-refractivity contribution in [3.63, 3.8) is 0 Å². The van der Waals surface area contributed by atoms with Crippen LogP contribution >= 0.6 is 11.3 Å². The molecule has 18 heavy (non-hydrogen) atoms. The Labute approximate surface area is 111 Å². The zero-order chi connectivity index (χ0) is 12.7. The molecule has 0 fully saturated rings. The van der Waals surface area contributed by atoms with Gasteiger partial charge in [-0.2, -0.15) is 0 Å². The summed E-state index contributed by atoms with van der Waals surface area (Å²) in [6.07, 6.45) is 3.55. The van der Waals surface area contributed by atoms with E-state index in [4.69, 9.17) is 0 Å². The van der Waals surface area contributed by atoms with Gasteiger partial charge in [0.15, 0.2) is 0 Å². The van der Waals surface area contributed by atoms with Crippen LogP contribution in [0.5, 0.6) is 0 Å². The lowest BCUT2D eigenvalue weighted by molar-refractivity contribution is 0.104. The molecule has 0 aliphatic heterocycles. The number of carbonyl (C=O) groups excluding carboxylic acids is 1. The van der Waals surface area contributed by atoms with E-state index in [1.54, 1.807) is 11.3 Å². The Morgan fingerprint density at radius 1 is 1.17 bits per heavy atom. The van der Waals surface area contributed by atoms with Gasteiger partial charge < -0.3 is 0 Å². The minimum atomic E-state index is 0.190. The molecule has 3 rings (SSSR count). The number of hydrogen-bond acceptors (Lipinski definition) is 2. The fourth-order valence-electron chi connectivity index (χ4n) is 2.55. The number of rotatable bonds is 2. The highest BCUT2D eigenvalue weighted by Crippen LogP contribution is 2.32. The number of ketones is 1. The van der Waals surface area contributed by atoms with Crippen LogP contribution < -0.4 is 0 Å². The van der Waals surface area contributed by atoms with Crippen LogP contribution in [0.15, 0.2) is 24.3 Å². The predicted molar refractivity (Wildman–Crippen MR) is 75.7 cm³/mol. The maximum atomic E-state index is 12.5. The highest BCUT2D eigenvalue weighted by Gasteiger charge is 2.20. The molecule has 0 unspecified atom stereocenters. The van der Waals surface area contributed by atoms with Crippen molar-refractivity contribution in [2.45, 2.75) is 33.1 Å². The molecule has 2 aromatic rings. The molecule has 2 heteroatoms. The Balaban J connectivity index is 2.01. The van der Waals surface area contributed by atoms with E-state index in [2.05, 4.69) is 12.1 Å². The first-order chi connectivity index (χ1) is 8.65. The Bertz CT molecular complexity index is 601. The van der Waals surface area contributed by atoms with Gasteiger partial charge in [-0.1, -0.05) is 17.7 Å². The fraction of sp³-hybridized carbons (Fsp3) is 0.312. The van der Waals surface area contributed by atoms with Crippen LogP contribution in [0, 0.1) is 13.8 Å². The SMILES string of the molecule is Cc1ccc(C)c(C(=O)c2cc3c(s2)CCC3)c1. The Morgan fingerprint density at radius 2 is 2.00 bits per heavy atom. The van der Waals surface area contributed by atoms with E-state index in [0.29, 0.717) is 0 Å². The van der Waals surface area contributed by atoms with Crippen molar-refractivity contribution in [2.75, 3.05) is 0 Å². The molecule has 1 heterocycles. The summed E-state index contributed by atoms with van der Waals surface area (Å²) in [5.74, 6) is 0.190. The maximum absolute atomic E-state index is 12.5. The molecule has 0 atom stereocenters. The average molecular weight is 256 g/mol. The van der Waals surface area contributed by atoms with Crippen LogP contribution in [0.3, 0.4) is 0 Å². The van der Waals surface area contributed by atoms with Gasteiger partial charge in [0.2, 0.25) is 5.78 Å². The molecule has 0 saturated carbocycles. The first kappa shape index (κ1) is 11.7. The summed E-state index contributed by atoms with van der Waals surface area (Å²) in [6, 6.07) is 8.20. The van der Waals surface area contributed by atoms with Crippen molar-refractivity contribution in [1.82, 2.24) is 0 Å². The molecule has 0 bridgehead atoms. The first-order valence-corrected chi connectivity index (χ1v) is 7.20. The highest BCUT2D eigenvalue weighted by atomic mass is 32.1. The molecule has 1 aliphatic rings. The third-order valence-corrected chi connectivity index (χ3v) is 4.84. The summed E-state index contributed by atoms with van der Waals surface area (Å²) in [4.78, 5) is 14.9. The van der Waals surface area contributed by atoms with Crippen LogP contribution in [0.1, 0.15) is 43.2 Å². The van der Waals surface area contributed by atoms with Gasteiger partial charge in [0.05, 0.1) is 4.88 Å². The standard InChI is InChI=1S/C16H16OS/c1-10-6-7-11(2)13(8-10)16(17)15-9-12-4-3-5-14(12)18-15/h6-9H,3-5H2,1-2H3. The molecular formula is C16H16OS. The van der Waals surface area contributed by atoms with Gasteiger partial charge >= 0.3 is 0 Å². The summed E-state index contributed by atoms with van der Waals surface area (Å²) < 4.78 is 0. The number of fused-ring (bicyclic) bond motifs is 1. The number of benzene rings is 1. The topological polar surface area (TPSA) is 17.1 Å². The predicted octanol–water partition coefficient (Wildman–Crippen LogP) is 4.08. The number of aryl methyl sites for hydroxylation is 4. The number of carbonyl (C=O) groups is 1.